The van der Waals surface area contributed by atoms with Crippen LogP contribution in [-0.4, -0.2) is 60.6 Å². The van der Waals surface area contributed by atoms with Crippen LogP contribution in [0, 0.1) is 0 Å². The number of rotatable bonds is 5. The van der Waals surface area contributed by atoms with Gasteiger partial charge in [0.15, 0.2) is 0 Å². The van der Waals surface area contributed by atoms with Crippen molar-refractivity contribution in [1.29, 1.82) is 0 Å². The van der Waals surface area contributed by atoms with Gasteiger partial charge in [-0.05, 0) is 24.5 Å². The van der Waals surface area contributed by atoms with Gasteiger partial charge in [0.2, 0.25) is 11.8 Å². The molecule has 1 saturated heterocycles. The Hall–Kier alpha value is -2.41. The van der Waals surface area contributed by atoms with Gasteiger partial charge in [-0.3, -0.25) is 14.4 Å². The van der Waals surface area contributed by atoms with Crippen LogP contribution in [0.25, 0.3) is 0 Å². The molecule has 0 bridgehead atoms. The molecule has 1 atom stereocenters. The number of hydrogen-bond donors (Lipinski definition) is 1. The maximum atomic E-state index is 13.3. The number of carboxylic acid groups (broad SMARTS) is 1. The van der Waals surface area contributed by atoms with Gasteiger partial charge in [-0.2, -0.15) is 0 Å². The number of carboxylic acids is 1. The van der Waals surface area contributed by atoms with E-state index in [-0.39, 0.29) is 37.2 Å². The van der Waals surface area contributed by atoms with E-state index in [0.717, 1.165) is 11.3 Å². The SMILES string of the molecule is CN1C(=O)C[C@@H](C(=O)N(CCC(=O)O)C2CCOCC2)c2ccccc21. The molecule has 0 aromatic heterocycles. The van der Waals surface area contributed by atoms with Crippen molar-refractivity contribution in [2.45, 2.75) is 37.6 Å². The molecular weight excluding hydrogens is 336 g/mol. The van der Waals surface area contributed by atoms with Crippen LogP contribution < -0.4 is 4.90 Å². The highest BCUT2D eigenvalue weighted by molar-refractivity contribution is 6.02. The van der Waals surface area contributed by atoms with Crippen LogP contribution in [0.4, 0.5) is 5.69 Å². The van der Waals surface area contributed by atoms with E-state index >= 15 is 0 Å². The first-order valence-electron chi connectivity index (χ1n) is 8.94. The first kappa shape index (κ1) is 18.4. The zero-order valence-corrected chi connectivity index (χ0v) is 14.9. The largest absolute Gasteiger partial charge is 0.481 e. The molecule has 26 heavy (non-hydrogen) atoms. The molecule has 2 amide bonds. The molecule has 3 rings (SSSR count). The third kappa shape index (κ3) is 3.72. The minimum Gasteiger partial charge on any atom is -0.481 e. The summed E-state index contributed by atoms with van der Waals surface area (Å²) in [5.74, 6) is -1.76. The smallest absolute Gasteiger partial charge is 0.305 e. The summed E-state index contributed by atoms with van der Waals surface area (Å²) >= 11 is 0. The van der Waals surface area contributed by atoms with Gasteiger partial charge < -0.3 is 19.6 Å². The lowest BCUT2D eigenvalue weighted by molar-refractivity contribution is -0.142. The first-order valence-corrected chi connectivity index (χ1v) is 8.94. The monoisotopic (exact) mass is 360 g/mol. The van der Waals surface area contributed by atoms with Gasteiger partial charge in [-0.1, -0.05) is 18.2 Å². The maximum Gasteiger partial charge on any atom is 0.305 e. The quantitative estimate of drug-likeness (QED) is 0.862. The Morgan fingerprint density at radius 1 is 1.27 bits per heavy atom. The predicted molar refractivity (Wildman–Crippen MR) is 95.0 cm³/mol. The fraction of sp³-hybridized carbons (Fsp3) is 0.526. The molecule has 0 unspecified atom stereocenters. The molecule has 1 aromatic carbocycles. The average molecular weight is 360 g/mol. The zero-order chi connectivity index (χ0) is 18.7. The zero-order valence-electron chi connectivity index (χ0n) is 14.9. The maximum absolute atomic E-state index is 13.3. The number of fused-ring (bicyclic) bond motifs is 1. The van der Waals surface area contributed by atoms with E-state index < -0.39 is 11.9 Å². The minimum absolute atomic E-state index is 0.0440. The molecule has 0 aliphatic carbocycles. The van der Waals surface area contributed by atoms with Gasteiger partial charge in [0.25, 0.3) is 0 Å². The Kier molecular flexibility index (Phi) is 5.56. The summed E-state index contributed by atoms with van der Waals surface area (Å²) in [6, 6.07) is 7.37. The lowest BCUT2D eigenvalue weighted by atomic mass is 9.87. The third-order valence-corrected chi connectivity index (χ3v) is 5.21. The first-order chi connectivity index (χ1) is 12.5. The average Bonchev–Trinajstić information content (AvgIpc) is 2.65. The number of carbonyl (C=O) groups excluding carboxylic acids is 2. The van der Waals surface area contributed by atoms with Gasteiger partial charge in [0.05, 0.1) is 12.3 Å². The molecule has 2 aliphatic heterocycles. The summed E-state index contributed by atoms with van der Waals surface area (Å²) in [6.45, 7) is 1.27. The standard InChI is InChI=1S/C19H24N2O5/c1-20-16-5-3-2-4-14(16)15(12-17(20)22)19(25)21(9-6-18(23)24)13-7-10-26-11-8-13/h2-5,13,15H,6-12H2,1H3,(H,23,24)/t15-/m1/s1. The molecule has 7 nitrogen and oxygen atoms in total. The fourth-order valence-electron chi connectivity index (χ4n) is 3.75. The van der Waals surface area contributed by atoms with Crippen molar-refractivity contribution in [3.8, 4) is 0 Å². The highest BCUT2D eigenvalue weighted by Gasteiger charge is 2.38. The highest BCUT2D eigenvalue weighted by Crippen LogP contribution is 2.37. The number of carbonyl (C=O) groups is 3. The summed E-state index contributed by atoms with van der Waals surface area (Å²) in [6.07, 6.45) is 1.38. The molecule has 1 fully saturated rings. The van der Waals surface area contributed by atoms with Crippen LogP contribution in [0.3, 0.4) is 0 Å². The molecule has 140 valence electrons. The summed E-state index contributed by atoms with van der Waals surface area (Å²) < 4.78 is 5.37. The fourth-order valence-corrected chi connectivity index (χ4v) is 3.75. The van der Waals surface area contributed by atoms with Crippen molar-refractivity contribution in [2.24, 2.45) is 0 Å². The Bertz CT molecular complexity index is 699. The molecule has 0 saturated carbocycles. The predicted octanol–water partition coefficient (Wildman–Crippen LogP) is 1.62. The van der Waals surface area contributed by atoms with Crippen molar-refractivity contribution in [1.82, 2.24) is 4.90 Å². The van der Waals surface area contributed by atoms with E-state index in [0.29, 0.717) is 26.1 Å². The lowest BCUT2D eigenvalue weighted by Gasteiger charge is -2.38. The molecule has 2 heterocycles. The van der Waals surface area contributed by atoms with Gasteiger partial charge in [-0.15, -0.1) is 0 Å². The van der Waals surface area contributed by atoms with Crippen molar-refractivity contribution in [2.75, 3.05) is 31.7 Å². The van der Waals surface area contributed by atoms with Crippen LogP contribution in [0.15, 0.2) is 24.3 Å². The van der Waals surface area contributed by atoms with Crippen molar-refractivity contribution in [3.63, 3.8) is 0 Å². The minimum atomic E-state index is -0.935. The second-order valence-electron chi connectivity index (χ2n) is 6.79. The summed E-state index contributed by atoms with van der Waals surface area (Å²) in [5.41, 5.74) is 1.57. The molecule has 7 heteroatoms. The summed E-state index contributed by atoms with van der Waals surface area (Å²) in [7, 11) is 1.71. The van der Waals surface area contributed by atoms with Crippen LogP contribution >= 0.6 is 0 Å². The molecular formula is C19H24N2O5. The van der Waals surface area contributed by atoms with Gasteiger partial charge in [0, 0.05) is 45.0 Å². The van der Waals surface area contributed by atoms with E-state index in [1.165, 1.54) is 0 Å². The van der Waals surface area contributed by atoms with Gasteiger partial charge >= 0.3 is 5.97 Å². The van der Waals surface area contributed by atoms with E-state index in [2.05, 4.69) is 0 Å². The summed E-state index contributed by atoms with van der Waals surface area (Å²) in [5, 5.41) is 9.06. The van der Waals surface area contributed by atoms with Crippen LogP contribution in [-0.2, 0) is 19.1 Å². The summed E-state index contributed by atoms with van der Waals surface area (Å²) in [4.78, 5) is 40.0. The number of aliphatic carboxylic acids is 1. The highest BCUT2D eigenvalue weighted by atomic mass is 16.5. The van der Waals surface area contributed by atoms with Crippen LogP contribution in [0.1, 0.15) is 37.2 Å². The second-order valence-corrected chi connectivity index (χ2v) is 6.79. The Balaban J connectivity index is 1.89. The number of ether oxygens (including phenoxy) is 1. The molecule has 0 radical (unpaired) electrons. The third-order valence-electron chi connectivity index (χ3n) is 5.21. The van der Waals surface area contributed by atoms with E-state index in [1.807, 2.05) is 24.3 Å². The number of hydrogen-bond acceptors (Lipinski definition) is 4. The molecule has 1 aromatic rings. The second kappa shape index (κ2) is 7.86. The van der Waals surface area contributed by atoms with Crippen LogP contribution in [0.2, 0.25) is 0 Å². The Labute approximate surface area is 152 Å². The molecule has 1 N–H and O–H groups in total. The van der Waals surface area contributed by atoms with Gasteiger partial charge in [-0.25, -0.2) is 0 Å². The normalized spacial score (nSPS) is 20.6. The van der Waals surface area contributed by atoms with Crippen molar-refractivity contribution in [3.05, 3.63) is 29.8 Å². The Morgan fingerprint density at radius 3 is 2.65 bits per heavy atom. The number of amides is 2. The topological polar surface area (TPSA) is 87.2 Å². The van der Waals surface area contributed by atoms with E-state index in [9.17, 15) is 14.4 Å². The number of anilines is 1. The lowest BCUT2D eigenvalue weighted by Crippen LogP contribution is -2.48. The van der Waals surface area contributed by atoms with E-state index in [1.54, 1.807) is 16.8 Å². The van der Waals surface area contributed by atoms with Crippen molar-refractivity contribution < 1.29 is 24.2 Å². The van der Waals surface area contributed by atoms with Crippen LogP contribution in [0.5, 0.6) is 0 Å². The molecule has 0 spiro atoms. The number of para-hydroxylation sites is 1. The number of nitrogens with zero attached hydrogens (tertiary/aromatic N) is 2. The molecule has 2 aliphatic rings. The van der Waals surface area contributed by atoms with Crippen molar-refractivity contribution >= 4 is 23.5 Å². The van der Waals surface area contributed by atoms with E-state index in [4.69, 9.17) is 9.84 Å². The van der Waals surface area contributed by atoms with Gasteiger partial charge in [0.1, 0.15) is 0 Å². The Morgan fingerprint density at radius 2 is 1.96 bits per heavy atom. The number of benzene rings is 1.